The number of hydrogen-bond acceptors (Lipinski definition) is 2. The molecule has 3 heteroatoms. The summed E-state index contributed by atoms with van der Waals surface area (Å²) < 4.78 is 2.09. The van der Waals surface area contributed by atoms with Gasteiger partial charge in [0.1, 0.15) is 5.82 Å². The summed E-state index contributed by atoms with van der Waals surface area (Å²) in [5.41, 5.74) is 5.32. The van der Waals surface area contributed by atoms with E-state index in [-0.39, 0.29) is 0 Å². The molecule has 0 aliphatic heterocycles. The maximum absolute atomic E-state index is 5.32. The Balaban J connectivity index is 2.50. The molecule has 1 aromatic rings. The van der Waals surface area contributed by atoms with E-state index in [1.165, 1.54) is 0 Å². The van der Waals surface area contributed by atoms with E-state index in [2.05, 4.69) is 28.3 Å². The van der Waals surface area contributed by atoms with Crippen LogP contribution in [0.25, 0.3) is 0 Å². The van der Waals surface area contributed by atoms with Gasteiger partial charge in [0.2, 0.25) is 0 Å². The minimum atomic E-state index is 0.634. The van der Waals surface area contributed by atoms with Crippen molar-refractivity contribution in [2.24, 2.45) is 5.73 Å². The van der Waals surface area contributed by atoms with Gasteiger partial charge in [0.25, 0.3) is 0 Å². The molecule has 1 heterocycles. The van der Waals surface area contributed by atoms with Crippen molar-refractivity contribution in [2.45, 2.75) is 26.3 Å². The number of nitrogens with zero attached hydrogens (tertiary/aromatic N) is 2. The Hall–Kier alpha value is -1.27. The minimum Gasteiger partial charge on any atom is -0.334 e. The first-order valence-electron chi connectivity index (χ1n) is 4.54. The first-order valence-corrected chi connectivity index (χ1v) is 4.54. The van der Waals surface area contributed by atoms with Gasteiger partial charge in [0.05, 0.1) is 6.42 Å². The maximum atomic E-state index is 5.32. The summed E-state index contributed by atoms with van der Waals surface area (Å²) in [5.74, 6) is 7.08. The molecule has 1 rings (SSSR count). The molecule has 0 aromatic carbocycles. The van der Waals surface area contributed by atoms with Crippen molar-refractivity contribution < 1.29 is 0 Å². The van der Waals surface area contributed by atoms with Gasteiger partial charge in [-0.3, -0.25) is 0 Å². The molecule has 0 fully saturated rings. The predicted octanol–water partition coefficient (Wildman–Crippen LogP) is 0.798. The summed E-state index contributed by atoms with van der Waals surface area (Å²) in [4.78, 5) is 4.21. The van der Waals surface area contributed by atoms with Gasteiger partial charge < -0.3 is 10.3 Å². The normalized spacial score (nSPS) is 9.38. The third-order valence-corrected chi connectivity index (χ3v) is 1.78. The van der Waals surface area contributed by atoms with Gasteiger partial charge in [0.15, 0.2) is 0 Å². The highest BCUT2D eigenvalue weighted by Gasteiger charge is 1.96. The summed E-state index contributed by atoms with van der Waals surface area (Å²) >= 11 is 0. The molecule has 13 heavy (non-hydrogen) atoms. The van der Waals surface area contributed by atoms with Crippen LogP contribution in [0.4, 0.5) is 0 Å². The van der Waals surface area contributed by atoms with Crippen LogP contribution in [0.3, 0.4) is 0 Å². The topological polar surface area (TPSA) is 43.8 Å². The number of imidazole rings is 1. The number of rotatable bonds is 3. The zero-order chi connectivity index (χ0) is 9.52. The van der Waals surface area contributed by atoms with E-state index >= 15 is 0 Å². The molecule has 0 unspecified atom stereocenters. The van der Waals surface area contributed by atoms with Crippen molar-refractivity contribution in [3.63, 3.8) is 0 Å². The van der Waals surface area contributed by atoms with Crippen molar-refractivity contribution >= 4 is 0 Å². The van der Waals surface area contributed by atoms with Crippen LogP contribution < -0.4 is 5.73 Å². The van der Waals surface area contributed by atoms with Crippen LogP contribution in [0.5, 0.6) is 0 Å². The largest absolute Gasteiger partial charge is 0.334 e. The average Bonchev–Trinajstić information content (AvgIpc) is 2.60. The van der Waals surface area contributed by atoms with Gasteiger partial charge in [-0.1, -0.05) is 5.92 Å². The van der Waals surface area contributed by atoms with Crippen LogP contribution in [-0.2, 0) is 13.0 Å². The second-order valence-corrected chi connectivity index (χ2v) is 2.70. The third kappa shape index (κ3) is 2.92. The van der Waals surface area contributed by atoms with Gasteiger partial charge in [-0.25, -0.2) is 4.98 Å². The molecule has 0 bridgehead atoms. The fourth-order valence-electron chi connectivity index (χ4n) is 1.10. The lowest BCUT2D eigenvalue weighted by molar-refractivity contribution is 0.718. The van der Waals surface area contributed by atoms with Gasteiger partial charge in [-0.2, -0.15) is 0 Å². The molecule has 0 saturated heterocycles. The predicted molar refractivity (Wildman–Crippen MR) is 53.1 cm³/mol. The Kier molecular flexibility index (Phi) is 4.07. The molecule has 0 atom stereocenters. The molecule has 0 saturated carbocycles. The van der Waals surface area contributed by atoms with Crippen molar-refractivity contribution in [2.75, 3.05) is 6.54 Å². The molecular formula is C10H15N3. The maximum Gasteiger partial charge on any atom is 0.120 e. The zero-order valence-electron chi connectivity index (χ0n) is 7.95. The number of aromatic nitrogens is 2. The smallest absolute Gasteiger partial charge is 0.120 e. The van der Waals surface area contributed by atoms with E-state index in [4.69, 9.17) is 5.73 Å². The van der Waals surface area contributed by atoms with Crippen LogP contribution in [-0.4, -0.2) is 16.1 Å². The lowest BCUT2D eigenvalue weighted by Crippen LogP contribution is -2.00. The Morgan fingerprint density at radius 2 is 2.38 bits per heavy atom. The second-order valence-electron chi connectivity index (χ2n) is 2.70. The first-order chi connectivity index (χ1) is 6.38. The first kappa shape index (κ1) is 9.82. The van der Waals surface area contributed by atoms with Gasteiger partial charge in [0, 0.05) is 31.9 Å². The van der Waals surface area contributed by atoms with Crippen LogP contribution in [0.1, 0.15) is 19.2 Å². The quantitative estimate of drug-likeness (QED) is 0.694. The Morgan fingerprint density at radius 1 is 1.54 bits per heavy atom. The zero-order valence-corrected chi connectivity index (χ0v) is 7.95. The molecule has 3 nitrogen and oxygen atoms in total. The lowest BCUT2D eigenvalue weighted by Gasteiger charge is -1.99. The molecule has 2 N–H and O–H groups in total. The van der Waals surface area contributed by atoms with Gasteiger partial charge >= 0.3 is 0 Å². The molecule has 0 spiro atoms. The van der Waals surface area contributed by atoms with Crippen molar-refractivity contribution in [3.05, 3.63) is 18.2 Å². The third-order valence-electron chi connectivity index (χ3n) is 1.78. The fraction of sp³-hybridized carbons (Fsp3) is 0.500. The second kappa shape index (κ2) is 5.39. The SMILES string of the molecule is CCn1ccnc1CC#CCCN. The van der Waals surface area contributed by atoms with E-state index < -0.39 is 0 Å². The molecule has 0 aliphatic rings. The Labute approximate surface area is 79.0 Å². The van der Waals surface area contributed by atoms with Crippen LogP contribution in [0, 0.1) is 11.8 Å². The summed E-state index contributed by atoms with van der Waals surface area (Å²) in [6.07, 6.45) is 5.27. The highest BCUT2D eigenvalue weighted by atomic mass is 15.0. The standard InChI is InChI=1S/C10H15N3/c1-2-13-9-8-12-10(13)6-4-3-5-7-11/h8-9H,2,5-7,11H2,1H3. The van der Waals surface area contributed by atoms with E-state index in [1.54, 1.807) is 0 Å². The number of hydrogen-bond donors (Lipinski definition) is 1. The minimum absolute atomic E-state index is 0.634. The summed E-state index contributed by atoms with van der Waals surface area (Å²) in [6.45, 7) is 3.68. The van der Waals surface area contributed by atoms with Gasteiger partial charge in [-0.15, -0.1) is 5.92 Å². The van der Waals surface area contributed by atoms with Crippen LogP contribution >= 0.6 is 0 Å². The van der Waals surface area contributed by atoms with E-state index in [0.29, 0.717) is 6.54 Å². The molecule has 0 radical (unpaired) electrons. The van der Waals surface area contributed by atoms with Crippen LogP contribution in [0.2, 0.25) is 0 Å². The van der Waals surface area contributed by atoms with E-state index in [9.17, 15) is 0 Å². The summed E-state index contributed by atoms with van der Waals surface area (Å²) in [6, 6.07) is 0. The van der Waals surface area contributed by atoms with Crippen LogP contribution in [0.15, 0.2) is 12.4 Å². The Bertz CT molecular complexity index is 303. The molecule has 0 amide bonds. The van der Waals surface area contributed by atoms with Gasteiger partial charge in [-0.05, 0) is 6.92 Å². The van der Waals surface area contributed by atoms with Crippen molar-refractivity contribution in [1.82, 2.24) is 9.55 Å². The van der Waals surface area contributed by atoms with Crippen molar-refractivity contribution in [1.29, 1.82) is 0 Å². The molecule has 0 aliphatic carbocycles. The molecular weight excluding hydrogens is 162 g/mol. The number of nitrogens with two attached hydrogens (primary N) is 1. The van der Waals surface area contributed by atoms with E-state index in [0.717, 1.165) is 25.2 Å². The Morgan fingerprint density at radius 3 is 3.08 bits per heavy atom. The number of aryl methyl sites for hydroxylation is 1. The summed E-state index contributed by atoms with van der Waals surface area (Å²) in [7, 11) is 0. The fourth-order valence-corrected chi connectivity index (χ4v) is 1.10. The molecule has 1 aromatic heterocycles. The lowest BCUT2D eigenvalue weighted by atomic mass is 10.3. The average molecular weight is 177 g/mol. The highest BCUT2D eigenvalue weighted by molar-refractivity contribution is 5.08. The summed E-state index contributed by atoms with van der Waals surface area (Å²) in [5, 5.41) is 0. The van der Waals surface area contributed by atoms with E-state index in [1.807, 2.05) is 12.4 Å². The molecule has 70 valence electrons. The van der Waals surface area contributed by atoms with Crippen molar-refractivity contribution in [3.8, 4) is 11.8 Å². The monoisotopic (exact) mass is 177 g/mol. The highest BCUT2D eigenvalue weighted by Crippen LogP contribution is 1.97.